The van der Waals surface area contributed by atoms with E-state index in [2.05, 4.69) is 53.1 Å². The molecule has 2 nitrogen and oxygen atoms in total. The monoisotopic (exact) mass is 480 g/mol. The van der Waals surface area contributed by atoms with E-state index in [4.69, 9.17) is 18.0 Å². The highest BCUT2D eigenvalue weighted by Crippen LogP contribution is 2.33. The predicted octanol–water partition coefficient (Wildman–Crippen LogP) is 5.49. The first-order chi connectivity index (χ1) is 9.40. The van der Waals surface area contributed by atoms with Gasteiger partial charge in [0.05, 0.1) is 15.8 Å². The molecule has 0 amide bonds. The fourth-order valence-electron chi connectivity index (χ4n) is 1.57. The molecule has 0 atom stereocenters. The van der Waals surface area contributed by atoms with Crippen molar-refractivity contribution in [2.24, 2.45) is 5.73 Å². The molecule has 0 radical (unpaired) electrons. The number of anilines is 2. The summed E-state index contributed by atoms with van der Waals surface area (Å²) in [5.41, 5.74) is 7.07. The van der Waals surface area contributed by atoms with Crippen molar-refractivity contribution in [3.8, 4) is 0 Å². The number of nitrogens with one attached hydrogen (secondary N) is 1. The van der Waals surface area contributed by atoms with Crippen molar-refractivity contribution in [3.05, 3.63) is 55.1 Å². The minimum Gasteiger partial charge on any atom is -0.389 e. The van der Waals surface area contributed by atoms with Gasteiger partial charge in [-0.2, -0.15) is 0 Å². The SMILES string of the molecule is NC(=S)c1ccc(Nc2cc(Br)ccc2Br)c(F)c1Br. The normalized spacial score (nSPS) is 10.4. The van der Waals surface area contributed by atoms with Crippen molar-refractivity contribution in [1.29, 1.82) is 0 Å². The van der Waals surface area contributed by atoms with Gasteiger partial charge in [-0.15, -0.1) is 0 Å². The van der Waals surface area contributed by atoms with Gasteiger partial charge >= 0.3 is 0 Å². The van der Waals surface area contributed by atoms with Crippen LogP contribution in [0.2, 0.25) is 0 Å². The minimum atomic E-state index is -0.442. The summed E-state index contributed by atoms with van der Waals surface area (Å²) in [4.78, 5) is 0.144. The Bertz CT molecular complexity index is 692. The molecular weight excluding hydrogens is 475 g/mol. The highest BCUT2D eigenvalue weighted by molar-refractivity contribution is 9.11. The van der Waals surface area contributed by atoms with Gasteiger partial charge in [0.25, 0.3) is 0 Å². The summed E-state index contributed by atoms with van der Waals surface area (Å²) in [5.74, 6) is -0.442. The average molecular weight is 483 g/mol. The van der Waals surface area contributed by atoms with Crippen LogP contribution in [-0.2, 0) is 0 Å². The molecule has 0 aliphatic carbocycles. The van der Waals surface area contributed by atoms with Gasteiger partial charge in [0.2, 0.25) is 0 Å². The van der Waals surface area contributed by atoms with Gasteiger partial charge < -0.3 is 11.1 Å². The van der Waals surface area contributed by atoms with E-state index in [1.165, 1.54) is 0 Å². The van der Waals surface area contributed by atoms with E-state index in [0.717, 1.165) is 14.6 Å². The molecule has 3 N–H and O–H groups in total. The average Bonchev–Trinajstić information content (AvgIpc) is 2.39. The summed E-state index contributed by atoms with van der Waals surface area (Å²) in [5, 5.41) is 3.02. The van der Waals surface area contributed by atoms with E-state index in [-0.39, 0.29) is 9.46 Å². The molecule has 0 aromatic heterocycles. The second-order valence-corrected chi connectivity index (χ2v) is 6.90. The minimum absolute atomic E-state index is 0.144. The first-order valence-electron chi connectivity index (χ1n) is 5.40. The molecular formula is C13H8Br3FN2S. The lowest BCUT2D eigenvalue weighted by Crippen LogP contribution is -2.11. The smallest absolute Gasteiger partial charge is 0.161 e. The fourth-order valence-corrected chi connectivity index (χ4v) is 3.14. The van der Waals surface area contributed by atoms with Crippen LogP contribution in [0.25, 0.3) is 0 Å². The largest absolute Gasteiger partial charge is 0.389 e. The van der Waals surface area contributed by atoms with Crippen LogP contribution in [0.4, 0.5) is 15.8 Å². The Hall–Kier alpha value is -0.500. The molecule has 0 aliphatic heterocycles. The molecule has 2 rings (SSSR count). The van der Waals surface area contributed by atoms with E-state index >= 15 is 0 Å². The molecule has 0 heterocycles. The molecule has 0 aliphatic rings. The molecule has 0 bridgehead atoms. The van der Waals surface area contributed by atoms with Crippen molar-refractivity contribution in [1.82, 2.24) is 0 Å². The summed E-state index contributed by atoms with van der Waals surface area (Å²) in [6.45, 7) is 0. The van der Waals surface area contributed by atoms with Crippen LogP contribution in [0.3, 0.4) is 0 Å². The molecule has 0 saturated heterocycles. The number of nitrogens with two attached hydrogens (primary N) is 1. The second kappa shape index (κ2) is 6.51. The number of rotatable bonds is 3. The van der Waals surface area contributed by atoms with Crippen LogP contribution in [-0.4, -0.2) is 4.99 Å². The first kappa shape index (κ1) is 15.9. The van der Waals surface area contributed by atoms with Gasteiger partial charge in [-0.3, -0.25) is 0 Å². The zero-order chi connectivity index (χ0) is 14.9. The Morgan fingerprint density at radius 1 is 1.10 bits per heavy atom. The van der Waals surface area contributed by atoms with Gasteiger partial charge in [0.1, 0.15) is 4.99 Å². The van der Waals surface area contributed by atoms with Crippen molar-refractivity contribution in [2.45, 2.75) is 0 Å². The summed E-state index contributed by atoms with van der Waals surface area (Å²) in [6.07, 6.45) is 0. The molecule has 20 heavy (non-hydrogen) atoms. The Kier molecular flexibility index (Phi) is 5.17. The Morgan fingerprint density at radius 3 is 2.45 bits per heavy atom. The molecule has 0 saturated carbocycles. The summed E-state index contributed by atoms with van der Waals surface area (Å²) < 4.78 is 16.3. The van der Waals surface area contributed by atoms with Gasteiger partial charge in [0.15, 0.2) is 5.82 Å². The van der Waals surface area contributed by atoms with Crippen LogP contribution < -0.4 is 11.1 Å². The summed E-state index contributed by atoms with van der Waals surface area (Å²) in [7, 11) is 0. The van der Waals surface area contributed by atoms with Crippen LogP contribution in [0.1, 0.15) is 5.56 Å². The Morgan fingerprint density at radius 2 is 1.80 bits per heavy atom. The van der Waals surface area contributed by atoms with E-state index < -0.39 is 5.82 Å². The molecule has 2 aromatic carbocycles. The van der Waals surface area contributed by atoms with Crippen LogP contribution in [0.15, 0.2) is 43.7 Å². The van der Waals surface area contributed by atoms with E-state index in [1.54, 1.807) is 12.1 Å². The number of halogens is 4. The number of benzene rings is 2. The lowest BCUT2D eigenvalue weighted by Gasteiger charge is -2.12. The Balaban J connectivity index is 2.42. The standard InChI is InChI=1S/C13H8Br3FN2S/c14-6-1-3-8(15)10(5-6)19-9-4-2-7(13(18)20)11(16)12(9)17/h1-5,19H,(H2,18,20). The fraction of sp³-hybridized carbons (Fsp3) is 0. The quantitative estimate of drug-likeness (QED) is 0.568. The van der Waals surface area contributed by atoms with Crippen molar-refractivity contribution in [2.75, 3.05) is 5.32 Å². The van der Waals surface area contributed by atoms with Crippen molar-refractivity contribution >= 4 is 76.4 Å². The van der Waals surface area contributed by atoms with Gasteiger partial charge in [-0.05, 0) is 62.2 Å². The molecule has 2 aromatic rings. The molecule has 0 unspecified atom stereocenters. The third kappa shape index (κ3) is 3.39. The first-order valence-corrected chi connectivity index (χ1v) is 8.18. The van der Waals surface area contributed by atoms with Crippen LogP contribution in [0.5, 0.6) is 0 Å². The van der Waals surface area contributed by atoms with Gasteiger partial charge in [-0.25, -0.2) is 4.39 Å². The summed E-state index contributed by atoms with van der Waals surface area (Å²) >= 11 is 14.8. The number of hydrogen-bond donors (Lipinski definition) is 2. The van der Waals surface area contributed by atoms with Gasteiger partial charge in [-0.1, -0.05) is 28.1 Å². The number of thiocarbonyl (C=S) groups is 1. The molecule has 104 valence electrons. The van der Waals surface area contributed by atoms with E-state index in [9.17, 15) is 4.39 Å². The van der Waals surface area contributed by atoms with Crippen LogP contribution >= 0.6 is 60.0 Å². The maximum Gasteiger partial charge on any atom is 0.161 e. The predicted molar refractivity (Wildman–Crippen MR) is 95.1 cm³/mol. The maximum atomic E-state index is 14.3. The zero-order valence-electron chi connectivity index (χ0n) is 9.88. The van der Waals surface area contributed by atoms with Crippen molar-refractivity contribution < 1.29 is 4.39 Å². The highest BCUT2D eigenvalue weighted by atomic mass is 79.9. The highest BCUT2D eigenvalue weighted by Gasteiger charge is 2.13. The zero-order valence-corrected chi connectivity index (χ0v) is 15.5. The Labute approximate surface area is 146 Å². The van der Waals surface area contributed by atoms with Crippen LogP contribution in [0, 0.1) is 5.82 Å². The lowest BCUT2D eigenvalue weighted by atomic mass is 10.2. The molecule has 0 spiro atoms. The maximum absolute atomic E-state index is 14.3. The third-order valence-electron chi connectivity index (χ3n) is 2.55. The third-order valence-corrected chi connectivity index (χ3v) is 4.73. The van der Waals surface area contributed by atoms with E-state index in [1.807, 2.05) is 18.2 Å². The summed E-state index contributed by atoms with van der Waals surface area (Å²) in [6, 6.07) is 8.87. The van der Waals surface area contributed by atoms with E-state index in [0.29, 0.717) is 11.3 Å². The topological polar surface area (TPSA) is 38.0 Å². The second-order valence-electron chi connectivity index (χ2n) is 3.90. The van der Waals surface area contributed by atoms with Gasteiger partial charge in [0, 0.05) is 14.5 Å². The number of hydrogen-bond acceptors (Lipinski definition) is 2. The molecule has 7 heteroatoms. The lowest BCUT2D eigenvalue weighted by molar-refractivity contribution is 0.625. The van der Waals surface area contributed by atoms with Crippen molar-refractivity contribution in [3.63, 3.8) is 0 Å². The molecule has 0 fully saturated rings.